The van der Waals surface area contributed by atoms with Gasteiger partial charge in [-0.05, 0) is 81.4 Å². The van der Waals surface area contributed by atoms with E-state index >= 15 is 0 Å². The van der Waals surface area contributed by atoms with Gasteiger partial charge in [-0.3, -0.25) is 0 Å². The summed E-state index contributed by atoms with van der Waals surface area (Å²) in [5.74, 6) is 0. The maximum atomic E-state index is 6.67. The third-order valence-corrected chi connectivity index (χ3v) is 11.8. The monoisotopic (exact) mass is 693 g/mol. The SMILES string of the molecule is c1cc(-c2ccc3ccccc3c2)cc(N(c2ccccc2-c2cccc3oc4c5ccccc5ccc4c23)c2cccc3c2sc2ccccc23)c1. The Hall–Kier alpha value is -6.68. The van der Waals surface area contributed by atoms with E-state index in [0.29, 0.717) is 0 Å². The van der Waals surface area contributed by atoms with Crippen LogP contribution in [0.3, 0.4) is 0 Å². The Kier molecular flexibility index (Phi) is 6.76. The van der Waals surface area contributed by atoms with Crippen molar-refractivity contribution in [3.8, 4) is 22.3 Å². The third-order valence-electron chi connectivity index (χ3n) is 10.6. The van der Waals surface area contributed by atoms with Gasteiger partial charge < -0.3 is 9.32 Å². The summed E-state index contributed by atoms with van der Waals surface area (Å²) < 4.78 is 9.22. The largest absolute Gasteiger partial charge is 0.455 e. The molecule has 53 heavy (non-hydrogen) atoms. The number of furan rings is 1. The fraction of sp³-hybridized carbons (Fsp3) is 0. The summed E-state index contributed by atoms with van der Waals surface area (Å²) in [7, 11) is 0. The highest BCUT2D eigenvalue weighted by Crippen LogP contribution is 2.49. The number of hydrogen-bond donors (Lipinski definition) is 0. The van der Waals surface area contributed by atoms with E-state index < -0.39 is 0 Å². The van der Waals surface area contributed by atoms with Gasteiger partial charge in [0, 0.05) is 42.9 Å². The highest BCUT2D eigenvalue weighted by atomic mass is 32.1. The fourth-order valence-electron chi connectivity index (χ4n) is 8.18. The Balaban J connectivity index is 1.18. The molecular formula is C50H31NOS. The van der Waals surface area contributed by atoms with Crippen LogP contribution in [0.5, 0.6) is 0 Å². The first-order chi connectivity index (χ1) is 26.3. The van der Waals surface area contributed by atoms with E-state index in [-0.39, 0.29) is 0 Å². The standard InChI is InChI=1S/C50H31NOS/c1-2-14-34-30-36(27-26-32(34)12-1)35-15-9-16-37(31-35)51(45-23-10-21-42-40-19-6-8-25-47(40)53-50(42)45)44-22-7-5-18-39(44)41-20-11-24-46-48(41)43-29-28-33-13-3-4-17-38(33)49(43)52-46/h1-31H. The average molecular weight is 694 g/mol. The summed E-state index contributed by atoms with van der Waals surface area (Å²) in [5, 5.41) is 9.60. The normalized spacial score (nSPS) is 11.8. The van der Waals surface area contributed by atoms with Gasteiger partial charge in [-0.15, -0.1) is 11.3 Å². The highest BCUT2D eigenvalue weighted by Gasteiger charge is 2.23. The van der Waals surface area contributed by atoms with Gasteiger partial charge in [0.25, 0.3) is 0 Å². The fourth-order valence-corrected chi connectivity index (χ4v) is 9.39. The Labute approximate surface area is 310 Å². The zero-order chi connectivity index (χ0) is 34.9. The second-order valence-corrected chi connectivity index (χ2v) is 14.7. The number of nitrogens with zero attached hydrogens (tertiary/aromatic N) is 1. The van der Waals surface area contributed by atoms with Crippen LogP contribution in [0.4, 0.5) is 17.1 Å². The molecule has 0 aliphatic rings. The number of thiophene rings is 1. The zero-order valence-corrected chi connectivity index (χ0v) is 29.5. The van der Waals surface area contributed by atoms with Crippen LogP contribution in [0.15, 0.2) is 192 Å². The Bertz CT molecular complexity index is 3200. The van der Waals surface area contributed by atoms with E-state index in [9.17, 15) is 0 Å². The van der Waals surface area contributed by atoms with Crippen LogP contribution in [0.1, 0.15) is 0 Å². The van der Waals surface area contributed by atoms with Gasteiger partial charge >= 0.3 is 0 Å². The quantitative estimate of drug-likeness (QED) is 0.178. The van der Waals surface area contributed by atoms with E-state index in [2.05, 4.69) is 193 Å². The Morgan fingerprint density at radius 1 is 0.415 bits per heavy atom. The minimum atomic E-state index is 0.889. The number of rotatable bonds is 5. The predicted molar refractivity (Wildman–Crippen MR) is 227 cm³/mol. The van der Waals surface area contributed by atoms with Crippen LogP contribution < -0.4 is 4.90 Å². The summed E-state index contributed by atoms with van der Waals surface area (Å²) in [6.07, 6.45) is 0. The molecule has 0 aliphatic carbocycles. The summed E-state index contributed by atoms with van der Waals surface area (Å²) in [4.78, 5) is 2.47. The molecule has 11 aromatic rings. The number of benzene rings is 9. The number of para-hydroxylation sites is 1. The molecule has 2 nitrogen and oxygen atoms in total. The summed E-state index contributed by atoms with van der Waals surface area (Å²) in [6.45, 7) is 0. The van der Waals surface area contributed by atoms with Crippen LogP contribution in [0.25, 0.3) is 85.9 Å². The number of hydrogen-bond acceptors (Lipinski definition) is 3. The molecular weight excluding hydrogens is 663 g/mol. The lowest BCUT2D eigenvalue weighted by Gasteiger charge is -2.29. The summed E-state index contributed by atoms with van der Waals surface area (Å²) in [6, 6.07) is 68.0. The molecule has 0 radical (unpaired) electrons. The maximum Gasteiger partial charge on any atom is 0.143 e. The molecule has 0 atom stereocenters. The van der Waals surface area contributed by atoms with Crippen molar-refractivity contribution in [3.05, 3.63) is 188 Å². The van der Waals surface area contributed by atoms with E-state index in [1.807, 2.05) is 11.3 Å². The van der Waals surface area contributed by atoms with Gasteiger partial charge in [0.2, 0.25) is 0 Å². The minimum absolute atomic E-state index is 0.889. The molecule has 3 heteroatoms. The van der Waals surface area contributed by atoms with Gasteiger partial charge in [-0.1, -0.05) is 140 Å². The summed E-state index contributed by atoms with van der Waals surface area (Å²) in [5.41, 5.74) is 9.84. The lowest BCUT2D eigenvalue weighted by atomic mass is 9.95. The molecule has 9 aromatic carbocycles. The molecule has 0 fully saturated rings. The highest BCUT2D eigenvalue weighted by molar-refractivity contribution is 7.26. The Morgan fingerprint density at radius 2 is 1.09 bits per heavy atom. The van der Waals surface area contributed by atoms with Gasteiger partial charge in [-0.2, -0.15) is 0 Å². The molecule has 0 aliphatic heterocycles. The molecule has 0 spiro atoms. The molecule has 0 N–H and O–H groups in total. The molecule has 2 heterocycles. The first-order valence-electron chi connectivity index (χ1n) is 18.0. The van der Waals surface area contributed by atoms with Crippen molar-refractivity contribution in [1.82, 2.24) is 0 Å². The molecule has 0 amide bonds. The van der Waals surface area contributed by atoms with Gasteiger partial charge in [0.05, 0.1) is 16.1 Å². The van der Waals surface area contributed by atoms with Crippen molar-refractivity contribution in [2.75, 3.05) is 4.90 Å². The van der Waals surface area contributed by atoms with Crippen molar-refractivity contribution in [3.63, 3.8) is 0 Å². The van der Waals surface area contributed by atoms with E-state index in [1.54, 1.807) is 0 Å². The second kappa shape index (κ2) is 11.9. The van der Waals surface area contributed by atoms with Crippen molar-refractivity contribution in [2.24, 2.45) is 0 Å². The van der Waals surface area contributed by atoms with Crippen LogP contribution in [0.2, 0.25) is 0 Å². The molecule has 0 saturated carbocycles. The van der Waals surface area contributed by atoms with Crippen molar-refractivity contribution < 1.29 is 4.42 Å². The molecule has 0 unspecified atom stereocenters. The lowest BCUT2D eigenvalue weighted by molar-refractivity contribution is 0.673. The summed E-state index contributed by atoms with van der Waals surface area (Å²) >= 11 is 1.86. The number of fused-ring (bicyclic) bond motifs is 9. The molecule has 0 saturated heterocycles. The molecule has 2 aromatic heterocycles. The van der Waals surface area contributed by atoms with Gasteiger partial charge in [0.15, 0.2) is 0 Å². The minimum Gasteiger partial charge on any atom is -0.455 e. The first kappa shape index (κ1) is 30.0. The lowest BCUT2D eigenvalue weighted by Crippen LogP contribution is -2.11. The van der Waals surface area contributed by atoms with Crippen LogP contribution in [-0.4, -0.2) is 0 Å². The van der Waals surface area contributed by atoms with Gasteiger partial charge in [-0.25, -0.2) is 0 Å². The molecule has 0 bridgehead atoms. The zero-order valence-electron chi connectivity index (χ0n) is 28.7. The smallest absolute Gasteiger partial charge is 0.143 e. The molecule has 11 rings (SSSR count). The van der Waals surface area contributed by atoms with Crippen molar-refractivity contribution >= 4 is 92.1 Å². The topological polar surface area (TPSA) is 16.4 Å². The van der Waals surface area contributed by atoms with Crippen molar-refractivity contribution in [1.29, 1.82) is 0 Å². The third kappa shape index (κ3) is 4.78. The number of anilines is 3. The predicted octanol–water partition coefficient (Wildman–Crippen LogP) is 15.1. The average Bonchev–Trinajstić information content (AvgIpc) is 3.81. The maximum absolute atomic E-state index is 6.67. The van der Waals surface area contributed by atoms with E-state index in [4.69, 9.17) is 4.42 Å². The second-order valence-electron chi connectivity index (χ2n) is 13.7. The van der Waals surface area contributed by atoms with E-state index in [1.165, 1.54) is 47.5 Å². The Morgan fingerprint density at radius 3 is 2.04 bits per heavy atom. The van der Waals surface area contributed by atoms with Crippen molar-refractivity contribution in [2.45, 2.75) is 0 Å². The van der Waals surface area contributed by atoms with Crippen LogP contribution >= 0.6 is 11.3 Å². The van der Waals surface area contributed by atoms with Crippen LogP contribution in [0, 0.1) is 0 Å². The van der Waals surface area contributed by atoms with Gasteiger partial charge in [0.1, 0.15) is 11.2 Å². The molecule has 248 valence electrons. The van der Waals surface area contributed by atoms with E-state index in [0.717, 1.165) is 55.5 Å². The van der Waals surface area contributed by atoms with Crippen LogP contribution in [-0.2, 0) is 0 Å². The first-order valence-corrected chi connectivity index (χ1v) is 18.8.